The van der Waals surface area contributed by atoms with Gasteiger partial charge in [-0.05, 0) is 41.9 Å². The molecule has 0 fully saturated rings. The largest absolute Gasteiger partial charge is 0.384 e. The van der Waals surface area contributed by atoms with Crippen molar-refractivity contribution in [1.29, 1.82) is 0 Å². The van der Waals surface area contributed by atoms with E-state index in [0.29, 0.717) is 16.7 Å². The topological polar surface area (TPSA) is 9.23 Å². The van der Waals surface area contributed by atoms with Crippen molar-refractivity contribution in [3.05, 3.63) is 0 Å². The van der Waals surface area contributed by atoms with Crippen LogP contribution in [0.4, 0.5) is 0 Å². The van der Waals surface area contributed by atoms with Crippen LogP contribution in [0.1, 0.15) is 93.4 Å². The highest BCUT2D eigenvalue weighted by Crippen LogP contribution is 2.50. The highest BCUT2D eigenvalue weighted by molar-refractivity contribution is 4.91. The fourth-order valence-corrected chi connectivity index (χ4v) is 4.45. The molecule has 0 bridgehead atoms. The van der Waals surface area contributed by atoms with Gasteiger partial charge in [-0.15, -0.1) is 0 Å². The zero-order valence-electron chi connectivity index (χ0n) is 16.2. The van der Waals surface area contributed by atoms with Crippen LogP contribution < -0.4 is 0 Å². The van der Waals surface area contributed by atoms with Crippen molar-refractivity contribution in [2.45, 2.75) is 93.4 Å². The van der Waals surface area contributed by atoms with E-state index in [-0.39, 0.29) is 0 Å². The van der Waals surface area contributed by atoms with Crippen LogP contribution in [0, 0.1) is 22.7 Å². The zero-order chi connectivity index (χ0) is 16.5. The molecule has 4 atom stereocenters. The van der Waals surface area contributed by atoms with Crippen LogP contribution >= 0.6 is 0 Å². The third kappa shape index (κ3) is 5.93. The highest BCUT2D eigenvalue weighted by Gasteiger charge is 2.41. The smallest absolute Gasteiger partial charge is 0.0490 e. The lowest BCUT2D eigenvalue weighted by molar-refractivity contribution is 0.00917. The van der Waals surface area contributed by atoms with E-state index in [1.54, 1.807) is 0 Å². The predicted octanol–water partition coefficient (Wildman–Crippen LogP) is 6.71. The minimum absolute atomic E-state index is 0.479. The molecule has 0 rings (SSSR count). The van der Waals surface area contributed by atoms with Crippen molar-refractivity contribution in [3.8, 4) is 0 Å². The first-order valence-electron chi connectivity index (χ1n) is 9.33. The molecule has 1 heteroatoms. The molecule has 21 heavy (non-hydrogen) atoms. The van der Waals surface area contributed by atoms with E-state index in [4.69, 9.17) is 4.74 Å². The Morgan fingerprint density at radius 1 is 0.905 bits per heavy atom. The molecule has 0 radical (unpaired) electrons. The van der Waals surface area contributed by atoms with Crippen LogP contribution in [0.25, 0.3) is 0 Å². The summed E-state index contributed by atoms with van der Waals surface area (Å²) in [5.41, 5.74) is 0.980. The highest BCUT2D eigenvalue weighted by atomic mass is 16.5. The molecule has 0 amide bonds. The molecule has 0 saturated heterocycles. The summed E-state index contributed by atoms with van der Waals surface area (Å²) in [7, 11) is 1.84. The number of hydrogen-bond acceptors (Lipinski definition) is 1. The van der Waals surface area contributed by atoms with Gasteiger partial charge in [0, 0.05) is 13.7 Å². The van der Waals surface area contributed by atoms with E-state index in [0.717, 1.165) is 12.5 Å². The second-order valence-electron chi connectivity index (χ2n) is 7.78. The molecule has 0 aromatic rings. The minimum atomic E-state index is 0.479. The van der Waals surface area contributed by atoms with Crippen LogP contribution in [-0.4, -0.2) is 13.7 Å². The Balaban J connectivity index is 5.31. The molecule has 0 aliphatic rings. The molecule has 0 N–H and O–H groups in total. The molecule has 0 aromatic carbocycles. The first kappa shape index (κ1) is 21.0. The molecule has 128 valence electrons. The maximum atomic E-state index is 5.45. The Morgan fingerprint density at radius 2 is 1.48 bits per heavy atom. The summed E-state index contributed by atoms with van der Waals surface area (Å²) in [6.07, 6.45) is 9.30. The van der Waals surface area contributed by atoms with Crippen LogP contribution in [0.2, 0.25) is 0 Å². The number of methoxy groups -OCH3 is 1. The molecule has 4 unspecified atom stereocenters. The average molecular weight is 299 g/mol. The standard InChI is InChI=1S/C20H42O/c1-9-13-19(7,11-3)16-20(12-4,14-10-2)18(6)17(5)15-21-8/h17-18H,9-16H2,1-8H3. The fourth-order valence-electron chi connectivity index (χ4n) is 4.45. The van der Waals surface area contributed by atoms with Gasteiger partial charge < -0.3 is 4.74 Å². The van der Waals surface area contributed by atoms with Gasteiger partial charge in [0.2, 0.25) is 0 Å². The Labute approximate surface area is 135 Å². The van der Waals surface area contributed by atoms with Gasteiger partial charge in [0.25, 0.3) is 0 Å². The van der Waals surface area contributed by atoms with Crippen molar-refractivity contribution < 1.29 is 4.74 Å². The second-order valence-corrected chi connectivity index (χ2v) is 7.78. The summed E-state index contributed by atoms with van der Waals surface area (Å²) in [5.74, 6) is 1.37. The first-order chi connectivity index (χ1) is 9.84. The third-order valence-electron chi connectivity index (χ3n) is 6.19. The van der Waals surface area contributed by atoms with E-state index >= 15 is 0 Å². The molecule has 0 aliphatic carbocycles. The predicted molar refractivity (Wildman–Crippen MR) is 95.8 cm³/mol. The number of rotatable bonds is 12. The summed E-state index contributed by atoms with van der Waals surface area (Å²) in [5, 5.41) is 0. The van der Waals surface area contributed by atoms with E-state index < -0.39 is 0 Å². The van der Waals surface area contributed by atoms with Gasteiger partial charge in [0.1, 0.15) is 0 Å². The lowest BCUT2D eigenvalue weighted by Crippen LogP contribution is -2.38. The monoisotopic (exact) mass is 298 g/mol. The molecular formula is C20H42O. The summed E-state index contributed by atoms with van der Waals surface area (Å²) >= 11 is 0. The number of ether oxygens (including phenoxy) is 1. The lowest BCUT2D eigenvalue weighted by Gasteiger charge is -2.47. The molecule has 0 aliphatic heterocycles. The van der Waals surface area contributed by atoms with Crippen LogP contribution in [-0.2, 0) is 4.74 Å². The Bertz CT molecular complexity index is 263. The molecule has 0 heterocycles. The normalized spacial score (nSPS) is 20.6. The van der Waals surface area contributed by atoms with E-state index in [1.807, 2.05) is 7.11 Å². The minimum Gasteiger partial charge on any atom is -0.384 e. The second kappa shape index (κ2) is 9.87. The van der Waals surface area contributed by atoms with Crippen molar-refractivity contribution in [1.82, 2.24) is 0 Å². The Hall–Kier alpha value is -0.0400. The summed E-state index contributed by atoms with van der Waals surface area (Å²) < 4.78 is 5.45. The Morgan fingerprint density at radius 3 is 1.86 bits per heavy atom. The molecular weight excluding hydrogens is 256 g/mol. The molecule has 1 nitrogen and oxygen atoms in total. The number of hydrogen-bond donors (Lipinski definition) is 0. The maximum Gasteiger partial charge on any atom is 0.0490 e. The summed E-state index contributed by atoms with van der Waals surface area (Å²) in [6, 6.07) is 0. The van der Waals surface area contributed by atoms with Crippen molar-refractivity contribution >= 4 is 0 Å². The summed E-state index contributed by atoms with van der Waals surface area (Å²) in [6.45, 7) is 17.7. The summed E-state index contributed by atoms with van der Waals surface area (Å²) in [4.78, 5) is 0. The Kier molecular flexibility index (Phi) is 9.85. The van der Waals surface area contributed by atoms with E-state index in [1.165, 1.54) is 44.9 Å². The van der Waals surface area contributed by atoms with Crippen LogP contribution in [0.5, 0.6) is 0 Å². The van der Waals surface area contributed by atoms with Crippen LogP contribution in [0.15, 0.2) is 0 Å². The van der Waals surface area contributed by atoms with Gasteiger partial charge in [0.05, 0.1) is 0 Å². The molecule has 0 saturated carbocycles. The lowest BCUT2D eigenvalue weighted by atomic mass is 9.58. The van der Waals surface area contributed by atoms with Crippen molar-refractivity contribution in [2.75, 3.05) is 13.7 Å². The van der Waals surface area contributed by atoms with Gasteiger partial charge in [-0.1, -0.05) is 74.1 Å². The first-order valence-corrected chi connectivity index (χ1v) is 9.33. The van der Waals surface area contributed by atoms with Crippen LogP contribution in [0.3, 0.4) is 0 Å². The van der Waals surface area contributed by atoms with E-state index in [9.17, 15) is 0 Å². The average Bonchev–Trinajstić information content (AvgIpc) is 2.46. The van der Waals surface area contributed by atoms with Gasteiger partial charge in [-0.2, -0.15) is 0 Å². The SMILES string of the molecule is CCCC(C)(CC)CC(CC)(CCC)C(C)C(C)COC. The van der Waals surface area contributed by atoms with Gasteiger partial charge >= 0.3 is 0 Å². The molecule has 0 aromatic heterocycles. The maximum absolute atomic E-state index is 5.45. The van der Waals surface area contributed by atoms with E-state index in [2.05, 4.69) is 48.5 Å². The van der Waals surface area contributed by atoms with Crippen molar-refractivity contribution in [3.63, 3.8) is 0 Å². The molecule has 0 spiro atoms. The zero-order valence-corrected chi connectivity index (χ0v) is 16.2. The van der Waals surface area contributed by atoms with Gasteiger partial charge in [-0.3, -0.25) is 0 Å². The quantitative estimate of drug-likeness (QED) is 0.389. The van der Waals surface area contributed by atoms with Gasteiger partial charge in [-0.25, -0.2) is 0 Å². The van der Waals surface area contributed by atoms with Gasteiger partial charge in [0.15, 0.2) is 0 Å². The third-order valence-corrected chi connectivity index (χ3v) is 6.19. The fraction of sp³-hybridized carbons (Fsp3) is 1.00. The van der Waals surface area contributed by atoms with Crippen molar-refractivity contribution in [2.24, 2.45) is 22.7 Å².